The van der Waals surface area contributed by atoms with E-state index >= 15 is 0 Å². The van der Waals surface area contributed by atoms with Crippen molar-refractivity contribution in [1.82, 2.24) is 16.0 Å². The summed E-state index contributed by atoms with van der Waals surface area (Å²) in [6, 6.07) is 0. The highest BCUT2D eigenvalue weighted by Gasteiger charge is 2.25. The normalized spacial score (nSPS) is 12.5. The number of hydrogen-bond donors (Lipinski definition) is 3. The quantitative estimate of drug-likeness (QED) is 0.560. The Morgan fingerprint density at radius 2 is 1.63 bits per heavy atom. The molecule has 0 aliphatic rings. The predicted octanol–water partition coefficient (Wildman–Crippen LogP) is 1.76. The Balaban J connectivity index is 3.77. The molecule has 0 bridgehead atoms. The zero-order valence-corrected chi connectivity index (χ0v) is 13.7. The molecule has 0 saturated carbocycles. The van der Waals surface area contributed by atoms with Crippen molar-refractivity contribution >= 4 is 5.91 Å². The molecule has 0 heterocycles. The van der Waals surface area contributed by atoms with Crippen LogP contribution in [-0.4, -0.2) is 39.1 Å². The van der Waals surface area contributed by atoms with Crippen molar-refractivity contribution in [3.8, 4) is 0 Å². The Labute approximate surface area is 119 Å². The molecule has 0 aliphatic carbocycles. The number of carbonyl (C=O) groups excluding carboxylic acids is 1. The summed E-state index contributed by atoms with van der Waals surface area (Å²) < 4.78 is 0. The summed E-state index contributed by atoms with van der Waals surface area (Å²) in [7, 11) is 1.92. The van der Waals surface area contributed by atoms with Gasteiger partial charge in [-0.2, -0.15) is 0 Å². The molecule has 0 fully saturated rings. The van der Waals surface area contributed by atoms with Crippen LogP contribution in [-0.2, 0) is 4.79 Å². The van der Waals surface area contributed by atoms with Crippen molar-refractivity contribution < 1.29 is 4.79 Å². The van der Waals surface area contributed by atoms with Gasteiger partial charge in [0, 0.05) is 32.6 Å². The third kappa shape index (κ3) is 12.2. The third-order valence-electron chi connectivity index (χ3n) is 2.85. The van der Waals surface area contributed by atoms with E-state index in [0.29, 0.717) is 11.8 Å². The van der Waals surface area contributed by atoms with Crippen LogP contribution in [0.4, 0.5) is 0 Å². The Kier molecular flexibility index (Phi) is 8.26. The van der Waals surface area contributed by atoms with Gasteiger partial charge in [-0.15, -0.1) is 0 Å². The maximum Gasteiger partial charge on any atom is 0.221 e. The van der Waals surface area contributed by atoms with E-state index in [1.165, 1.54) is 0 Å². The molecule has 0 spiro atoms. The van der Waals surface area contributed by atoms with Gasteiger partial charge in [0.05, 0.1) is 0 Å². The highest BCUT2D eigenvalue weighted by Crippen LogP contribution is 2.32. The SMILES string of the molecule is CNCCNCCC(=O)NCC(C)(C)CC(C)(C)C. The monoisotopic (exact) mass is 271 g/mol. The summed E-state index contributed by atoms with van der Waals surface area (Å²) in [5.74, 6) is 0.138. The molecule has 0 rings (SSSR count). The molecule has 0 aromatic heterocycles. The van der Waals surface area contributed by atoms with Crippen molar-refractivity contribution in [2.75, 3.05) is 33.2 Å². The first-order chi connectivity index (χ1) is 8.66. The highest BCUT2D eigenvalue weighted by atomic mass is 16.1. The highest BCUT2D eigenvalue weighted by molar-refractivity contribution is 5.76. The maximum absolute atomic E-state index is 11.7. The van der Waals surface area contributed by atoms with Gasteiger partial charge in [0.25, 0.3) is 0 Å². The fourth-order valence-electron chi connectivity index (χ4n) is 2.46. The number of carbonyl (C=O) groups is 1. The molecule has 0 aliphatic heterocycles. The van der Waals surface area contributed by atoms with Crippen molar-refractivity contribution in [3.05, 3.63) is 0 Å². The van der Waals surface area contributed by atoms with Crippen LogP contribution in [0, 0.1) is 10.8 Å². The van der Waals surface area contributed by atoms with Gasteiger partial charge in [0.2, 0.25) is 5.91 Å². The van der Waals surface area contributed by atoms with Gasteiger partial charge in [-0.3, -0.25) is 4.79 Å². The van der Waals surface area contributed by atoms with Crippen molar-refractivity contribution in [2.45, 2.75) is 47.5 Å². The number of hydrogen-bond acceptors (Lipinski definition) is 3. The Bertz CT molecular complexity index is 257. The van der Waals surface area contributed by atoms with Gasteiger partial charge in [-0.05, 0) is 24.3 Å². The zero-order chi connectivity index (χ0) is 14.9. The van der Waals surface area contributed by atoms with Crippen LogP contribution in [0.3, 0.4) is 0 Å². The summed E-state index contributed by atoms with van der Waals surface area (Å²) >= 11 is 0. The lowest BCUT2D eigenvalue weighted by Crippen LogP contribution is -2.37. The lowest BCUT2D eigenvalue weighted by atomic mass is 9.76. The molecule has 0 radical (unpaired) electrons. The average Bonchev–Trinajstić information content (AvgIpc) is 2.23. The van der Waals surface area contributed by atoms with Crippen LogP contribution in [0.1, 0.15) is 47.5 Å². The van der Waals surface area contributed by atoms with Crippen molar-refractivity contribution in [1.29, 1.82) is 0 Å². The molecule has 19 heavy (non-hydrogen) atoms. The minimum Gasteiger partial charge on any atom is -0.356 e. The molecule has 0 atom stereocenters. The van der Waals surface area contributed by atoms with Crippen LogP contribution < -0.4 is 16.0 Å². The van der Waals surface area contributed by atoms with Crippen LogP contribution in [0.5, 0.6) is 0 Å². The molecular weight excluding hydrogens is 238 g/mol. The number of likely N-dealkylation sites (N-methyl/N-ethyl adjacent to an activating group) is 1. The first-order valence-corrected chi connectivity index (χ1v) is 7.28. The molecule has 4 heteroatoms. The first kappa shape index (κ1) is 18.4. The summed E-state index contributed by atoms with van der Waals surface area (Å²) in [5, 5.41) is 9.33. The second-order valence-corrected chi connectivity index (χ2v) is 7.28. The van der Waals surface area contributed by atoms with Gasteiger partial charge >= 0.3 is 0 Å². The van der Waals surface area contributed by atoms with E-state index in [1.807, 2.05) is 7.05 Å². The van der Waals surface area contributed by atoms with Crippen LogP contribution in [0.2, 0.25) is 0 Å². The Morgan fingerprint density at radius 1 is 1.00 bits per heavy atom. The fourth-order valence-corrected chi connectivity index (χ4v) is 2.46. The molecule has 114 valence electrons. The van der Waals surface area contributed by atoms with Crippen LogP contribution in [0.15, 0.2) is 0 Å². The number of nitrogens with one attached hydrogen (secondary N) is 3. The molecule has 4 nitrogen and oxygen atoms in total. The summed E-state index contributed by atoms with van der Waals surface area (Å²) in [6.07, 6.45) is 1.65. The predicted molar refractivity (Wildman–Crippen MR) is 82.3 cm³/mol. The van der Waals surface area contributed by atoms with E-state index in [4.69, 9.17) is 0 Å². The van der Waals surface area contributed by atoms with Gasteiger partial charge in [-0.25, -0.2) is 0 Å². The Morgan fingerprint density at radius 3 is 2.16 bits per heavy atom. The summed E-state index contributed by atoms with van der Waals surface area (Å²) in [4.78, 5) is 11.7. The number of rotatable bonds is 9. The van der Waals surface area contributed by atoms with E-state index < -0.39 is 0 Å². The minimum absolute atomic E-state index is 0.138. The molecule has 0 aromatic carbocycles. The fraction of sp³-hybridized carbons (Fsp3) is 0.933. The molecule has 0 aromatic rings. The number of amides is 1. The average molecular weight is 271 g/mol. The van der Waals surface area contributed by atoms with Crippen LogP contribution in [0.25, 0.3) is 0 Å². The van der Waals surface area contributed by atoms with E-state index in [-0.39, 0.29) is 11.3 Å². The first-order valence-electron chi connectivity index (χ1n) is 7.28. The minimum atomic E-state index is 0.138. The van der Waals surface area contributed by atoms with E-state index in [1.54, 1.807) is 0 Å². The van der Waals surface area contributed by atoms with E-state index in [0.717, 1.165) is 32.6 Å². The largest absolute Gasteiger partial charge is 0.356 e. The standard InChI is InChI=1S/C15H33N3O/c1-14(2,3)11-15(4,5)12-18-13(19)7-8-17-10-9-16-6/h16-17H,7-12H2,1-6H3,(H,18,19). The second kappa shape index (κ2) is 8.54. The van der Waals surface area contributed by atoms with E-state index in [2.05, 4.69) is 50.6 Å². The summed E-state index contributed by atoms with van der Waals surface area (Å²) in [5.41, 5.74) is 0.441. The second-order valence-electron chi connectivity index (χ2n) is 7.28. The van der Waals surface area contributed by atoms with Gasteiger partial charge < -0.3 is 16.0 Å². The lowest BCUT2D eigenvalue weighted by Gasteiger charge is -2.32. The molecule has 0 unspecified atom stereocenters. The molecule has 3 N–H and O–H groups in total. The van der Waals surface area contributed by atoms with Crippen molar-refractivity contribution in [3.63, 3.8) is 0 Å². The molecule has 0 saturated heterocycles. The Hall–Kier alpha value is -0.610. The third-order valence-corrected chi connectivity index (χ3v) is 2.85. The van der Waals surface area contributed by atoms with Crippen LogP contribution >= 0.6 is 0 Å². The zero-order valence-electron chi connectivity index (χ0n) is 13.7. The smallest absolute Gasteiger partial charge is 0.221 e. The van der Waals surface area contributed by atoms with E-state index in [9.17, 15) is 4.79 Å². The van der Waals surface area contributed by atoms with Crippen molar-refractivity contribution in [2.24, 2.45) is 10.8 Å². The maximum atomic E-state index is 11.7. The van der Waals surface area contributed by atoms with Gasteiger partial charge in [0.1, 0.15) is 0 Å². The lowest BCUT2D eigenvalue weighted by molar-refractivity contribution is -0.121. The van der Waals surface area contributed by atoms with Gasteiger partial charge in [0.15, 0.2) is 0 Å². The molecular formula is C15H33N3O. The molecule has 1 amide bonds. The summed E-state index contributed by atoms with van der Waals surface area (Å²) in [6.45, 7) is 14.5. The topological polar surface area (TPSA) is 53.2 Å². The van der Waals surface area contributed by atoms with Gasteiger partial charge in [-0.1, -0.05) is 34.6 Å².